The Morgan fingerprint density at radius 3 is 1.22 bits per heavy atom. The molecule has 1 aliphatic rings. The zero-order valence-electron chi connectivity index (χ0n) is 24.8. The quantitative estimate of drug-likeness (QED) is 0.121. The van der Waals surface area contributed by atoms with E-state index in [9.17, 15) is 9.59 Å². The predicted molar refractivity (Wildman–Crippen MR) is 151 cm³/mol. The van der Waals surface area contributed by atoms with Crippen molar-refractivity contribution in [3.8, 4) is 0 Å². The van der Waals surface area contributed by atoms with Crippen LogP contribution in [-0.2, 0) is 19.1 Å². The Hall–Kier alpha value is -1.06. The lowest BCUT2D eigenvalue weighted by atomic mass is 9.82. The largest absolute Gasteiger partial charge is 0.465 e. The third kappa shape index (κ3) is 16.6. The molecule has 1 fully saturated rings. The van der Waals surface area contributed by atoms with E-state index in [0.29, 0.717) is 13.2 Å². The zero-order chi connectivity index (χ0) is 26.8. The Kier molecular flexibility index (Phi) is 18.3. The first-order valence-electron chi connectivity index (χ1n) is 15.5. The van der Waals surface area contributed by atoms with Crippen LogP contribution in [0.2, 0.25) is 0 Å². The van der Waals surface area contributed by atoms with Crippen LogP contribution >= 0.6 is 0 Å². The number of carbonyl (C=O) groups excluding carboxylic acids is 2. The van der Waals surface area contributed by atoms with Crippen molar-refractivity contribution in [2.45, 2.75) is 144 Å². The Morgan fingerprint density at radius 1 is 0.528 bits per heavy atom. The number of unbranched alkanes of at least 4 members (excludes halogenated alkanes) is 4. The van der Waals surface area contributed by atoms with Gasteiger partial charge in [0.2, 0.25) is 0 Å². The first-order chi connectivity index (χ1) is 17.2. The number of esters is 2. The van der Waals surface area contributed by atoms with E-state index in [-0.39, 0.29) is 23.8 Å². The first-order valence-corrected chi connectivity index (χ1v) is 15.5. The van der Waals surface area contributed by atoms with Gasteiger partial charge < -0.3 is 9.47 Å². The number of hydrogen-bond donors (Lipinski definition) is 0. The minimum absolute atomic E-state index is 0.0391. The topological polar surface area (TPSA) is 52.6 Å². The van der Waals surface area contributed by atoms with Crippen molar-refractivity contribution >= 4 is 11.9 Å². The zero-order valence-corrected chi connectivity index (χ0v) is 24.8. The molecular formula is C32H60O4. The van der Waals surface area contributed by atoms with Crippen LogP contribution in [0.5, 0.6) is 0 Å². The van der Waals surface area contributed by atoms with E-state index in [4.69, 9.17) is 9.47 Å². The minimum atomic E-state index is -0.0604. The van der Waals surface area contributed by atoms with E-state index >= 15 is 0 Å². The molecule has 2 atom stereocenters. The van der Waals surface area contributed by atoms with Crippen molar-refractivity contribution in [3.63, 3.8) is 0 Å². The molecule has 1 rings (SSSR count). The molecule has 4 heteroatoms. The molecule has 4 nitrogen and oxygen atoms in total. The van der Waals surface area contributed by atoms with E-state index in [2.05, 4.69) is 41.5 Å². The van der Waals surface area contributed by atoms with Gasteiger partial charge in [-0.1, -0.05) is 106 Å². The standard InChI is InChI=1S/C32H60O4/c1-25(2)15-17-27(5)13-9-7-11-23-35-31(33)29-19-21-30(22-20-29)32(34)36-24-12-8-10-14-28(6)18-16-26(3)4/h25-30H,7-24H2,1-6H3. The van der Waals surface area contributed by atoms with Gasteiger partial charge in [-0.3, -0.25) is 9.59 Å². The summed E-state index contributed by atoms with van der Waals surface area (Å²) in [4.78, 5) is 24.8. The van der Waals surface area contributed by atoms with Crippen molar-refractivity contribution < 1.29 is 19.1 Å². The fraction of sp³-hybridized carbons (Fsp3) is 0.938. The highest BCUT2D eigenvalue weighted by Gasteiger charge is 2.31. The minimum Gasteiger partial charge on any atom is -0.465 e. The predicted octanol–water partition coefficient (Wildman–Crippen LogP) is 9.14. The third-order valence-electron chi connectivity index (χ3n) is 8.04. The maximum atomic E-state index is 12.4. The van der Waals surface area contributed by atoms with Crippen LogP contribution < -0.4 is 0 Å². The van der Waals surface area contributed by atoms with E-state index in [1.54, 1.807) is 0 Å². The molecule has 0 spiro atoms. The highest BCUT2D eigenvalue weighted by Crippen LogP contribution is 2.30. The molecule has 212 valence electrons. The molecule has 36 heavy (non-hydrogen) atoms. The molecule has 0 bridgehead atoms. The monoisotopic (exact) mass is 508 g/mol. The van der Waals surface area contributed by atoms with Crippen molar-refractivity contribution in [3.05, 3.63) is 0 Å². The molecule has 0 aliphatic heterocycles. The second-order valence-corrected chi connectivity index (χ2v) is 12.7. The van der Waals surface area contributed by atoms with Crippen LogP contribution in [0.4, 0.5) is 0 Å². The van der Waals surface area contributed by atoms with Crippen molar-refractivity contribution in [1.82, 2.24) is 0 Å². The second-order valence-electron chi connectivity index (χ2n) is 12.7. The van der Waals surface area contributed by atoms with Crippen LogP contribution in [0, 0.1) is 35.5 Å². The summed E-state index contributed by atoms with van der Waals surface area (Å²) in [5.74, 6) is 2.98. The molecule has 1 aliphatic carbocycles. The van der Waals surface area contributed by atoms with E-state index in [0.717, 1.165) is 75.0 Å². The third-order valence-corrected chi connectivity index (χ3v) is 8.04. The summed E-state index contributed by atoms with van der Waals surface area (Å²) in [6, 6.07) is 0. The van der Waals surface area contributed by atoms with E-state index in [1.807, 2.05) is 0 Å². The lowest BCUT2D eigenvalue weighted by Gasteiger charge is -2.26. The molecule has 0 aromatic rings. The number of rotatable bonds is 20. The Balaban J connectivity index is 2.03. The molecule has 2 unspecified atom stereocenters. The molecule has 0 aromatic heterocycles. The summed E-state index contributed by atoms with van der Waals surface area (Å²) in [6.45, 7) is 14.9. The molecule has 0 amide bonds. The van der Waals surface area contributed by atoms with Gasteiger partial charge in [0.15, 0.2) is 0 Å². The van der Waals surface area contributed by atoms with Crippen LogP contribution in [0.1, 0.15) is 144 Å². The first kappa shape index (κ1) is 33.0. The van der Waals surface area contributed by atoms with Crippen LogP contribution in [0.25, 0.3) is 0 Å². The average molecular weight is 509 g/mol. The van der Waals surface area contributed by atoms with Gasteiger partial charge in [0.1, 0.15) is 0 Å². The summed E-state index contributed by atoms with van der Waals surface area (Å²) in [6.07, 6.45) is 17.5. The molecule has 0 heterocycles. The fourth-order valence-corrected chi connectivity index (χ4v) is 5.21. The fourth-order valence-electron chi connectivity index (χ4n) is 5.21. The highest BCUT2D eigenvalue weighted by molar-refractivity contribution is 5.75. The molecule has 0 N–H and O–H groups in total. The summed E-state index contributed by atoms with van der Waals surface area (Å²) >= 11 is 0. The second kappa shape index (κ2) is 20.0. The highest BCUT2D eigenvalue weighted by atomic mass is 16.5. The van der Waals surface area contributed by atoms with Gasteiger partial charge in [-0.25, -0.2) is 0 Å². The van der Waals surface area contributed by atoms with Crippen molar-refractivity contribution in [2.75, 3.05) is 13.2 Å². The maximum Gasteiger partial charge on any atom is 0.308 e. The number of carbonyl (C=O) groups is 2. The maximum absolute atomic E-state index is 12.4. The molecule has 1 saturated carbocycles. The van der Waals surface area contributed by atoms with Gasteiger partial charge in [0.25, 0.3) is 0 Å². The van der Waals surface area contributed by atoms with Crippen molar-refractivity contribution in [2.24, 2.45) is 35.5 Å². The number of hydrogen-bond acceptors (Lipinski definition) is 4. The summed E-state index contributed by atoms with van der Waals surface area (Å²) < 4.78 is 11.1. The van der Waals surface area contributed by atoms with E-state index in [1.165, 1.54) is 51.4 Å². The Morgan fingerprint density at radius 2 is 0.889 bits per heavy atom. The molecule has 0 saturated heterocycles. The van der Waals surface area contributed by atoms with Gasteiger partial charge in [0.05, 0.1) is 25.0 Å². The van der Waals surface area contributed by atoms with Gasteiger partial charge in [-0.05, 0) is 62.2 Å². The molecule has 0 radical (unpaired) electrons. The lowest BCUT2D eigenvalue weighted by molar-refractivity contribution is -0.155. The Bertz CT molecular complexity index is 513. The smallest absolute Gasteiger partial charge is 0.308 e. The number of ether oxygens (including phenoxy) is 2. The van der Waals surface area contributed by atoms with Gasteiger partial charge in [0, 0.05) is 0 Å². The Labute approximate surface area is 224 Å². The van der Waals surface area contributed by atoms with Gasteiger partial charge >= 0.3 is 11.9 Å². The molecular weight excluding hydrogens is 448 g/mol. The molecule has 0 aromatic carbocycles. The summed E-state index contributed by atoms with van der Waals surface area (Å²) in [5.41, 5.74) is 0. The van der Waals surface area contributed by atoms with E-state index < -0.39 is 0 Å². The van der Waals surface area contributed by atoms with Crippen LogP contribution in [-0.4, -0.2) is 25.2 Å². The lowest BCUT2D eigenvalue weighted by Crippen LogP contribution is -2.28. The SMILES string of the molecule is CC(C)CCC(C)CCCCCOC(=O)C1CCC(C(=O)OCCCCCC(C)CCC(C)C)CC1. The van der Waals surface area contributed by atoms with Crippen LogP contribution in [0.3, 0.4) is 0 Å². The normalized spacial score (nSPS) is 19.9. The van der Waals surface area contributed by atoms with Crippen LogP contribution in [0.15, 0.2) is 0 Å². The van der Waals surface area contributed by atoms with Gasteiger partial charge in [-0.2, -0.15) is 0 Å². The average Bonchev–Trinajstić information content (AvgIpc) is 2.85. The summed E-state index contributed by atoms with van der Waals surface area (Å²) in [5, 5.41) is 0. The summed E-state index contributed by atoms with van der Waals surface area (Å²) in [7, 11) is 0. The van der Waals surface area contributed by atoms with Crippen molar-refractivity contribution in [1.29, 1.82) is 0 Å². The van der Waals surface area contributed by atoms with Gasteiger partial charge in [-0.15, -0.1) is 0 Å².